The Balaban J connectivity index is 1.43. The minimum Gasteiger partial charge on any atom is -0.356 e. The fourth-order valence-corrected chi connectivity index (χ4v) is 7.67. The second-order valence-electron chi connectivity index (χ2n) is 14.3. The molecule has 1 aliphatic carbocycles. The number of amides is 4. The summed E-state index contributed by atoms with van der Waals surface area (Å²) in [4.78, 5) is 73.5. The van der Waals surface area contributed by atoms with Crippen LogP contribution in [0.3, 0.4) is 0 Å². The molecule has 2 unspecified atom stereocenters. The van der Waals surface area contributed by atoms with Gasteiger partial charge in [-0.15, -0.1) is 11.3 Å². The summed E-state index contributed by atoms with van der Waals surface area (Å²) < 4.78 is 0.862. The maximum Gasteiger partial charge on any atom is 0.246 e. The molecule has 0 spiro atoms. The molecule has 2 saturated heterocycles. The molecule has 5 rings (SSSR count). The Bertz CT molecular complexity index is 1430. The lowest BCUT2D eigenvalue weighted by atomic mass is 9.84. The van der Waals surface area contributed by atoms with Crippen molar-refractivity contribution in [1.29, 1.82) is 0 Å². The molecule has 3 aliphatic rings. The lowest BCUT2D eigenvalue weighted by molar-refractivity contribution is -0.146. The molecule has 1 aromatic carbocycles. The number of aromatic nitrogens is 1. The fourth-order valence-electron chi connectivity index (χ4n) is 6.71. The molecule has 11 heteroatoms. The molecule has 2 aliphatic heterocycles. The first-order valence-electron chi connectivity index (χ1n) is 15.2. The number of piperidine rings is 1. The molecule has 2 aromatic rings. The highest BCUT2D eigenvalue weighted by Crippen LogP contribution is 2.65. The number of rotatable bonds is 9. The van der Waals surface area contributed by atoms with Crippen molar-refractivity contribution in [2.45, 2.75) is 79.4 Å². The molecule has 0 bridgehead atoms. The van der Waals surface area contributed by atoms with Gasteiger partial charge in [-0.1, -0.05) is 60.6 Å². The third kappa shape index (κ3) is 5.92. The van der Waals surface area contributed by atoms with Gasteiger partial charge in [0.2, 0.25) is 29.4 Å². The van der Waals surface area contributed by atoms with Crippen LogP contribution in [0.5, 0.6) is 0 Å². The Morgan fingerprint density at radius 3 is 2.44 bits per heavy atom. The number of likely N-dealkylation sites (tertiary alicyclic amines) is 1. The first-order chi connectivity index (χ1) is 20.1. The lowest BCUT2D eigenvalue weighted by Gasteiger charge is -2.38. The molecule has 43 heavy (non-hydrogen) atoms. The number of carbonyl (C=O) groups excluding carboxylic acids is 5. The van der Waals surface area contributed by atoms with Crippen molar-refractivity contribution in [2.24, 2.45) is 34.5 Å². The number of Topliss-reactive ketones (excluding diaryl/α,β-unsaturated/α-hetero) is 1. The highest BCUT2D eigenvalue weighted by molar-refractivity contribution is 7.20. The molecule has 1 saturated carbocycles. The van der Waals surface area contributed by atoms with Gasteiger partial charge in [-0.25, -0.2) is 4.98 Å². The van der Waals surface area contributed by atoms with E-state index in [-0.39, 0.29) is 58.1 Å². The van der Waals surface area contributed by atoms with E-state index in [1.165, 1.54) is 11.3 Å². The van der Waals surface area contributed by atoms with Crippen LogP contribution in [0.1, 0.15) is 71.1 Å². The number of thiazole rings is 1. The summed E-state index contributed by atoms with van der Waals surface area (Å²) in [6, 6.07) is 4.87. The van der Waals surface area contributed by atoms with E-state index < -0.39 is 35.4 Å². The number of hydrogen-bond donors (Lipinski definition) is 3. The van der Waals surface area contributed by atoms with E-state index in [9.17, 15) is 24.0 Å². The Morgan fingerprint density at radius 2 is 1.84 bits per heavy atom. The number of nitrogens with zero attached hydrogens (tertiary/aromatic N) is 2. The number of benzene rings is 1. The largest absolute Gasteiger partial charge is 0.356 e. The normalized spacial score (nSPS) is 25.7. The van der Waals surface area contributed by atoms with Gasteiger partial charge in [-0.2, -0.15) is 0 Å². The maximum absolute atomic E-state index is 14.2. The van der Waals surface area contributed by atoms with Gasteiger partial charge in [0.25, 0.3) is 0 Å². The van der Waals surface area contributed by atoms with Crippen LogP contribution in [0.25, 0.3) is 10.2 Å². The molecule has 232 valence electrons. The van der Waals surface area contributed by atoms with Gasteiger partial charge in [-0.05, 0) is 47.6 Å². The van der Waals surface area contributed by atoms with E-state index in [0.717, 1.165) is 4.70 Å². The molecular weight excluding hydrogens is 566 g/mol. The molecule has 10 nitrogen and oxygen atoms in total. The zero-order chi connectivity index (χ0) is 31.4. The third-order valence-corrected chi connectivity index (χ3v) is 10.6. The average Bonchev–Trinajstić information content (AvgIpc) is 3.45. The molecule has 3 heterocycles. The summed E-state index contributed by atoms with van der Waals surface area (Å²) in [6.07, 6.45) is 0.729. The van der Waals surface area contributed by atoms with Crippen molar-refractivity contribution < 1.29 is 24.0 Å². The van der Waals surface area contributed by atoms with Gasteiger partial charge in [0.1, 0.15) is 12.1 Å². The first-order valence-corrected chi connectivity index (χ1v) is 16.0. The molecule has 6 atom stereocenters. The minimum atomic E-state index is -0.973. The van der Waals surface area contributed by atoms with Crippen LogP contribution in [0, 0.1) is 34.5 Å². The average molecular weight is 610 g/mol. The summed E-state index contributed by atoms with van der Waals surface area (Å²) in [5.74, 6) is -2.06. The standard InChI is InChI=1S/C32H43N5O5S/c1-16(2)26(39)36-25(31(3,4)5)30(42)37-15-18-22(32(18,6)7)23(37)28(41)34-20(14-17-12-13-33-27(17)40)24(38)29-35-19-10-8-9-11-21(19)43-29/h8-11,16-18,20,22-23,25H,12-15H2,1-7H3,(H,33,40)(H,34,41)(H,36,39)/t17-,18-,20?,22-,23-,25?/m0/s1. The van der Waals surface area contributed by atoms with Crippen molar-refractivity contribution in [3.05, 3.63) is 29.3 Å². The minimum absolute atomic E-state index is 0.0779. The van der Waals surface area contributed by atoms with Gasteiger partial charge >= 0.3 is 0 Å². The van der Waals surface area contributed by atoms with Gasteiger partial charge in [0, 0.05) is 24.9 Å². The third-order valence-electron chi connectivity index (χ3n) is 9.50. The summed E-state index contributed by atoms with van der Waals surface area (Å²) in [5.41, 5.74) is -0.0346. The van der Waals surface area contributed by atoms with Gasteiger partial charge in [-0.3, -0.25) is 24.0 Å². The van der Waals surface area contributed by atoms with Crippen molar-refractivity contribution in [3.63, 3.8) is 0 Å². The van der Waals surface area contributed by atoms with Gasteiger partial charge in [0.05, 0.1) is 16.3 Å². The van der Waals surface area contributed by atoms with Crippen LogP contribution in [-0.2, 0) is 19.2 Å². The Labute approximate surface area is 256 Å². The van der Waals surface area contributed by atoms with Crippen LogP contribution in [0.4, 0.5) is 0 Å². The van der Waals surface area contributed by atoms with E-state index in [4.69, 9.17) is 0 Å². The number of carbonyl (C=O) groups is 5. The van der Waals surface area contributed by atoms with Crippen molar-refractivity contribution >= 4 is 51.0 Å². The van der Waals surface area contributed by atoms with Crippen molar-refractivity contribution in [2.75, 3.05) is 13.1 Å². The predicted molar refractivity (Wildman–Crippen MR) is 164 cm³/mol. The quantitative estimate of drug-likeness (QED) is 0.374. The second kappa shape index (κ2) is 11.3. The maximum atomic E-state index is 14.2. The van der Waals surface area contributed by atoms with Crippen LogP contribution >= 0.6 is 11.3 Å². The van der Waals surface area contributed by atoms with Gasteiger partial charge in [0.15, 0.2) is 5.01 Å². The number of hydrogen-bond acceptors (Lipinski definition) is 7. The monoisotopic (exact) mass is 609 g/mol. The molecule has 0 radical (unpaired) electrons. The Morgan fingerprint density at radius 1 is 1.14 bits per heavy atom. The highest BCUT2D eigenvalue weighted by Gasteiger charge is 2.70. The topological polar surface area (TPSA) is 138 Å². The molecular formula is C32H43N5O5S. The zero-order valence-corrected chi connectivity index (χ0v) is 26.8. The van der Waals surface area contributed by atoms with E-state index in [1.807, 2.05) is 45.0 Å². The van der Waals surface area contributed by atoms with Crippen LogP contribution < -0.4 is 16.0 Å². The molecule has 3 N–H and O–H groups in total. The van der Waals surface area contributed by atoms with E-state index >= 15 is 0 Å². The van der Waals surface area contributed by atoms with Crippen molar-refractivity contribution in [3.8, 4) is 0 Å². The summed E-state index contributed by atoms with van der Waals surface area (Å²) in [7, 11) is 0. The summed E-state index contributed by atoms with van der Waals surface area (Å²) >= 11 is 1.26. The number of nitrogens with one attached hydrogen (secondary N) is 3. The smallest absolute Gasteiger partial charge is 0.246 e. The zero-order valence-electron chi connectivity index (χ0n) is 26.0. The first kappa shape index (κ1) is 31.1. The fraction of sp³-hybridized carbons (Fsp3) is 0.625. The van der Waals surface area contributed by atoms with E-state index in [2.05, 4.69) is 34.8 Å². The lowest BCUT2D eigenvalue weighted by Crippen LogP contribution is -2.60. The number of ketones is 1. The van der Waals surface area contributed by atoms with Crippen molar-refractivity contribution in [1.82, 2.24) is 25.8 Å². The summed E-state index contributed by atoms with van der Waals surface area (Å²) in [6.45, 7) is 14.4. The molecule has 4 amide bonds. The van der Waals surface area contributed by atoms with E-state index in [1.54, 1.807) is 18.7 Å². The predicted octanol–water partition coefficient (Wildman–Crippen LogP) is 3.16. The Hall–Kier alpha value is -3.34. The number of fused-ring (bicyclic) bond motifs is 2. The highest BCUT2D eigenvalue weighted by atomic mass is 32.1. The summed E-state index contributed by atoms with van der Waals surface area (Å²) in [5, 5.41) is 9.00. The van der Waals surface area contributed by atoms with Gasteiger partial charge < -0.3 is 20.9 Å². The number of para-hydroxylation sites is 1. The van der Waals surface area contributed by atoms with Crippen LogP contribution in [0.2, 0.25) is 0 Å². The second-order valence-corrected chi connectivity index (χ2v) is 15.3. The van der Waals surface area contributed by atoms with E-state index in [0.29, 0.717) is 25.0 Å². The van der Waals surface area contributed by atoms with Crippen LogP contribution in [-0.4, -0.2) is 70.5 Å². The Kier molecular flexibility index (Phi) is 8.17. The molecule has 1 aromatic heterocycles. The molecule has 3 fully saturated rings. The van der Waals surface area contributed by atoms with Crippen LogP contribution in [0.15, 0.2) is 24.3 Å². The SMILES string of the molecule is CC(C)C(=O)NC(C(=O)N1C[C@H]2[C@@H]([C@H]1C(=O)NC(C[C@@H]1CCNC1=O)C(=O)c1nc3ccccc3s1)C2(C)C)C(C)(C)C.